The first-order valence-corrected chi connectivity index (χ1v) is 28.6. The van der Waals surface area contributed by atoms with Gasteiger partial charge in [0.05, 0.1) is 75.4 Å². The Balaban J connectivity index is 0.000000184. The van der Waals surface area contributed by atoms with Gasteiger partial charge in [0.1, 0.15) is 22.3 Å². The SMILES string of the molecule is [2H]c1c(-c2c3c([2H])c([2H])c([2H])c([2H])c3c(-c3c([2H])c([2H])c([2H])c4c([2H])c([2H])c5c([2H])c([2H])c([2H])c([2H])c5c34)c3c([2H])c([2H])c([2H])c([2H])c23)c([2H])c2c(oc3c([2H])c([2H])c4c([2H])c([2H])c([2H])c([2H])c4c32)c1[2H].[2H]c1cc(-c2c([2H])c([2H])c([2H])c3c([2H])c([2H])c4c([2H])c([2H])c([2H])c([2H])c4c23)c([2H])c(-c2c3c([2H])c([2H])c([2H])c([2H])c3c(-c3c([2H])c([2H])c4oc5c([2H])c([2H])c6c([2H])c([2H])c([2H])c([2H])c6c5c4c3[2H])c3c([2H])c([2H])c([2H])c([2H])c23)c1[2H]. The maximum atomic E-state index is 10.1. The van der Waals surface area contributed by atoms with Crippen molar-refractivity contribution in [2.24, 2.45) is 0 Å². The van der Waals surface area contributed by atoms with Gasteiger partial charge in [-0.25, -0.2) is 0 Å². The van der Waals surface area contributed by atoms with E-state index >= 15 is 0 Å². The Labute approximate surface area is 629 Å². The van der Waals surface area contributed by atoms with Crippen LogP contribution in [0.5, 0.6) is 0 Å². The van der Waals surface area contributed by atoms with E-state index in [0.29, 0.717) is 0 Å². The summed E-state index contributed by atoms with van der Waals surface area (Å²) in [6.45, 7) is 0. The topological polar surface area (TPSA) is 26.3 Å². The third-order valence-corrected chi connectivity index (χ3v) is 16.3. The summed E-state index contributed by atoms with van der Waals surface area (Å²) in [7, 11) is 0. The number of rotatable bonds is 5. The van der Waals surface area contributed by atoms with E-state index in [-0.39, 0.29) is 0 Å². The number of furan rings is 2. The van der Waals surface area contributed by atoms with E-state index < -0.39 is 540 Å². The Morgan fingerprint density at radius 1 is 0.177 bits per heavy atom. The van der Waals surface area contributed by atoms with E-state index in [1.54, 1.807) is 0 Å². The molecular weight excluding hydrogens is 1160 g/mol. The first-order valence-electron chi connectivity index (χ1n) is 56.1. The Hall–Kier alpha value is -12.6. The van der Waals surface area contributed by atoms with Crippen LogP contribution in [0.3, 0.4) is 0 Å². The second-order valence-electron chi connectivity index (χ2n) is 21.3. The molecular formula is C94H56O2. The van der Waals surface area contributed by atoms with E-state index in [9.17, 15) is 26.0 Å². The van der Waals surface area contributed by atoms with E-state index in [2.05, 4.69) is 0 Å². The van der Waals surface area contributed by atoms with Crippen LogP contribution in [0.4, 0.5) is 0 Å². The fourth-order valence-corrected chi connectivity index (χ4v) is 12.4. The van der Waals surface area contributed by atoms with Gasteiger partial charge < -0.3 is 8.83 Å². The van der Waals surface area contributed by atoms with Crippen molar-refractivity contribution in [3.8, 4) is 55.6 Å². The second kappa shape index (κ2) is 21.5. The highest BCUT2D eigenvalue weighted by Gasteiger charge is 2.23. The Bertz CT molecular complexity index is 10200. The highest BCUT2D eigenvalue weighted by Crippen LogP contribution is 2.50. The third-order valence-electron chi connectivity index (χ3n) is 16.3. The molecule has 0 bridgehead atoms. The standard InChI is InChI=1S/C50H30O.C44H26O/c1-3-16-37-31(11-1)23-24-33-13-10-22-39(47(33)37)34-14-9-15-35(29-34)48-40-18-5-7-20-42(40)49(43-21-8-6-19-41(43)48)36-26-27-45-44(30-36)50-38-17-4-2-12-32(38)25-28-46(50)51-45;1-3-13-31-27(10-1)20-21-29-12-9-19-37(41(29)31)43-35-17-7-5-15-33(35)42(34-16-6-8-18-36(34)43)30-23-24-39-38(26-30)44-32-14-4-2-11-28(32)22-25-40(44)45-39/h1-30H;1-26H/i1D,2D,3D,4D,5D,6D,7D,8D,9D,10D,11D,12D,13D,15D,16D,17D,18D,19D,20D,21D,22D,23D,24D,25D,26D,27D,28D,29D,30D;1D,2D,3D,4D,5D,6D,7D,8D,9D,10D,11D,12D,13D,14D,15D,16D,17D,18D,19D,20D,21D,22D,23D,24D,25D,26D. The molecule has 2 nitrogen and oxygen atoms in total. The molecule has 0 saturated carbocycles. The zero-order valence-electron chi connectivity index (χ0n) is 103. The number of hydrogen-bond acceptors (Lipinski definition) is 2. The number of benzene rings is 19. The van der Waals surface area contributed by atoms with Gasteiger partial charge in [-0.2, -0.15) is 0 Å². The average molecular weight is 1270 g/mol. The molecule has 19 aromatic carbocycles. The summed E-state index contributed by atoms with van der Waals surface area (Å²) < 4.78 is 511. The molecule has 2 heterocycles. The third kappa shape index (κ3) is 8.32. The van der Waals surface area contributed by atoms with Crippen molar-refractivity contribution in [3.63, 3.8) is 0 Å². The van der Waals surface area contributed by atoms with Crippen molar-refractivity contribution < 1.29 is 84.2 Å². The summed E-state index contributed by atoms with van der Waals surface area (Å²) in [5, 5.41) is -14.2. The first kappa shape index (κ1) is 22.8. The maximum Gasteiger partial charge on any atom is 0.136 e. The lowest BCUT2D eigenvalue weighted by Gasteiger charge is -2.19. The average Bonchev–Trinajstić information content (AvgIpc) is 1.68. The fourth-order valence-electron chi connectivity index (χ4n) is 12.4. The zero-order chi connectivity index (χ0) is 111. The summed E-state index contributed by atoms with van der Waals surface area (Å²) in [6.07, 6.45) is 0. The molecule has 0 spiro atoms. The summed E-state index contributed by atoms with van der Waals surface area (Å²) in [6, 6.07) is -48.0. The second-order valence-corrected chi connectivity index (χ2v) is 21.3. The minimum atomic E-state index is -1.02. The van der Waals surface area contributed by atoms with Gasteiger partial charge in [0, 0.05) is 21.5 Å². The van der Waals surface area contributed by atoms with Crippen molar-refractivity contribution in [3.05, 3.63) is 338 Å². The molecule has 0 amide bonds. The van der Waals surface area contributed by atoms with Gasteiger partial charge in [0.15, 0.2) is 0 Å². The molecule has 2 heteroatoms. The van der Waals surface area contributed by atoms with Crippen LogP contribution in [0.15, 0.2) is 347 Å². The van der Waals surface area contributed by atoms with Crippen LogP contribution in [0, 0.1) is 0 Å². The van der Waals surface area contributed by atoms with Crippen molar-refractivity contribution in [1.29, 1.82) is 0 Å². The molecule has 0 unspecified atom stereocenters. The van der Waals surface area contributed by atoms with Crippen LogP contribution in [-0.2, 0) is 0 Å². The van der Waals surface area contributed by atoms with Crippen molar-refractivity contribution >= 4 is 152 Å². The normalized spacial score (nSPS) is 20.0. The highest BCUT2D eigenvalue weighted by molar-refractivity contribution is 6.29. The lowest BCUT2D eigenvalue weighted by Crippen LogP contribution is -1.92. The Kier molecular flexibility index (Phi) is 5.11. The molecule has 0 atom stereocenters. The largest absolute Gasteiger partial charge is 0.456 e. The van der Waals surface area contributed by atoms with E-state index in [4.69, 9.17) is 58.2 Å². The molecule has 2 aromatic heterocycles. The van der Waals surface area contributed by atoms with Gasteiger partial charge in [-0.1, -0.05) is 296 Å². The number of fused-ring (bicyclic) bond motifs is 20. The van der Waals surface area contributed by atoms with E-state index in [0.717, 1.165) is 6.07 Å². The summed E-state index contributed by atoms with van der Waals surface area (Å²) in [5.74, 6) is 0. The molecule has 444 valence electrons. The molecule has 0 aliphatic heterocycles. The molecule has 0 saturated heterocycles. The molecule has 96 heavy (non-hydrogen) atoms. The van der Waals surface area contributed by atoms with E-state index in [1.165, 1.54) is 0 Å². The number of hydrogen-bond donors (Lipinski definition) is 0. The summed E-state index contributed by atoms with van der Waals surface area (Å²) in [5.41, 5.74) is -9.56. The molecule has 0 N–H and O–H groups in total. The van der Waals surface area contributed by atoms with Crippen molar-refractivity contribution in [2.45, 2.75) is 0 Å². The zero-order valence-corrected chi connectivity index (χ0v) is 47.9. The smallest absolute Gasteiger partial charge is 0.136 e. The minimum absolute atomic E-state index is 0.392. The molecule has 0 fully saturated rings. The quantitative estimate of drug-likeness (QED) is 0.127. The van der Waals surface area contributed by atoms with Gasteiger partial charge in [-0.15, -0.1) is 0 Å². The molecule has 21 aromatic rings. The van der Waals surface area contributed by atoms with Crippen LogP contribution in [0.2, 0.25) is 0 Å². The van der Waals surface area contributed by atoms with Gasteiger partial charge in [0.25, 0.3) is 0 Å². The lowest BCUT2D eigenvalue weighted by atomic mass is 9.84. The molecule has 0 aliphatic carbocycles. The fraction of sp³-hybridized carbons (Fsp3) is 0. The maximum absolute atomic E-state index is 10.1. The van der Waals surface area contributed by atoms with E-state index in [1.807, 2.05) is 0 Å². The monoisotopic (exact) mass is 1270 g/mol. The lowest BCUT2D eigenvalue weighted by molar-refractivity contribution is 0.669. The van der Waals surface area contributed by atoms with Gasteiger partial charge in [-0.3, -0.25) is 0 Å². The van der Waals surface area contributed by atoms with Gasteiger partial charge in [0.2, 0.25) is 0 Å². The summed E-state index contributed by atoms with van der Waals surface area (Å²) >= 11 is 0. The summed E-state index contributed by atoms with van der Waals surface area (Å²) in [4.78, 5) is 0. The van der Waals surface area contributed by atoms with Crippen LogP contribution < -0.4 is 0 Å². The predicted octanol–water partition coefficient (Wildman–Crippen LogP) is 27.0. The van der Waals surface area contributed by atoms with Crippen LogP contribution in [-0.4, -0.2) is 0 Å². The van der Waals surface area contributed by atoms with Crippen LogP contribution in [0.1, 0.15) is 75.4 Å². The highest BCUT2D eigenvalue weighted by atomic mass is 16.3. The molecule has 0 radical (unpaired) electrons. The molecule has 21 rings (SSSR count). The van der Waals surface area contributed by atoms with Gasteiger partial charge >= 0.3 is 0 Å². The van der Waals surface area contributed by atoms with Crippen LogP contribution >= 0.6 is 0 Å². The Morgan fingerprint density at radius 3 is 0.896 bits per heavy atom. The van der Waals surface area contributed by atoms with Crippen molar-refractivity contribution in [2.75, 3.05) is 0 Å². The van der Waals surface area contributed by atoms with Crippen molar-refractivity contribution in [1.82, 2.24) is 0 Å². The molecule has 0 aliphatic rings. The van der Waals surface area contributed by atoms with Gasteiger partial charge in [-0.05, 0) is 206 Å². The minimum Gasteiger partial charge on any atom is -0.456 e. The predicted molar refractivity (Wildman–Crippen MR) is 410 cm³/mol. The van der Waals surface area contributed by atoms with Crippen LogP contribution in [0.25, 0.3) is 207 Å². The first-order chi connectivity index (χ1) is 70.5. The Morgan fingerprint density at radius 2 is 0.479 bits per heavy atom.